The van der Waals surface area contributed by atoms with Crippen LogP contribution in [0.25, 0.3) is 0 Å². The molecule has 8 heteroatoms. The number of piperidine rings is 1. The van der Waals surface area contributed by atoms with Crippen molar-refractivity contribution in [3.8, 4) is 0 Å². The van der Waals surface area contributed by atoms with Gasteiger partial charge < -0.3 is 19.9 Å². The van der Waals surface area contributed by atoms with Crippen LogP contribution in [0.1, 0.15) is 78.2 Å². The van der Waals surface area contributed by atoms with E-state index >= 15 is 0 Å². The molecule has 0 bridgehead atoms. The summed E-state index contributed by atoms with van der Waals surface area (Å²) < 4.78 is 5.12. The van der Waals surface area contributed by atoms with Crippen LogP contribution in [-0.4, -0.2) is 59.5 Å². The van der Waals surface area contributed by atoms with Crippen LogP contribution in [0.4, 0.5) is 4.79 Å². The fourth-order valence-corrected chi connectivity index (χ4v) is 6.75. The smallest absolute Gasteiger partial charge is 0.409 e. The van der Waals surface area contributed by atoms with Crippen molar-refractivity contribution in [3.05, 3.63) is 57.8 Å². The largest absolute Gasteiger partial charge is 0.450 e. The summed E-state index contributed by atoms with van der Waals surface area (Å²) in [6.45, 7) is 3.28. The monoisotopic (exact) mass is 495 g/mol. The molecule has 1 saturated carbocycles. The van der Waals surface area contributed by atoms with Crippen molar-refractivity contribution in [2.45, 2.75) is 69.5 Å². The van der Waals surface area contributed by atoms with Gasteiger partial charge >= 0.3 is 6.09 Å². The van der Waals surface area contributed by atoms with Crippen molar-refractivity contribution in [3.63, 3.8) is 0 Å². The third kappa shape index (κ3) is 4.68. The van der Waals surface area contributed by atoms with E-state index in [0.717, 1.165) is 36.1 Å². The Labute approximate surface area is 210 Å². The summed E-state index contributed by atoms with van der Waals surface area (Å²) in [4.78, 5) is 44.6. The Morgan fingerprint density at radius 2 is 1.80 bits per heavy atom. The Hall–Kier alpha value is -2.87. The van der Waals surface area contributed by atoms with Gasteiger partial charge in [0.05, 0.1) is 18.6 Å². The number of carbonyl (C=O) groups is 3. The maximum Gasteiger partial charge on any atom is 0.409 e. The minimum Gasteiger partial charge on any atom is -0.450 e. The molecule has 3 aliphatic rings. The molecule has 5 rings (SSSR count). The Kier molecular flexibility index (Phi) is 7.09. The summed E-state index contributed by atoms with van der Waals surface area (Å²) in [5, 5.41) is 5.31. The third-order valence-electron chi connectivity index (χ3n) is 7.58. The number of ether oxygens (including phenoxy) is 1. The second-order valence-corrected chi connectivity index (χ2v) is 10.6. The second-order valence-electron chi connectivity index (χ2n) is 9.64. The predicted molar refractivity (Wildman–Crippen MR) is 134 cm³/mol. The molecule has 3 amide bonds. The lowest BCUT2D eigenvalue weighted by atomic mass is 9.80. The number of likely N-dealkylation sites (tertiary alicyclic amines) is 1. The van der Waals surface area contributed by atoms with Gasteiger partial charge in [0, 0.05) is 35.6 Å². The molecule has 2 aromatic rings. The molecule has 1 N–H and O–H groups in total. The summed E-state index contributed by atoms with van der Waals surface area (Å²) in [6, 6.07) is 11.5. The topological polar surface area (TPSA) is 79.0 Å². The number of rotatable bonds is 5. The normalized spacial score (nSPS) is 23.3. The first-order valence-corrected chi connectivity index (χ1v) is 13.6. The van der Waals surface area contributed by atoms with E-state index in [1.54, 1.807) is 23.2 Å². The molecule has 1 aromatic heterocycles. The van der Waals surface area contributed by atoms with Crippen molar-refractivity contribution in [2.75, 3.05) is 19.7 Å². The van der Waals surface area contributed by atoms with Gasteiger partial charge in [-0.3, -0.25) is 9.59 Å². The highest BCUT2D eigenvalue weighted by atomic mass is 32.1. The lowest BCUT2D eigenvalue weighted by molar-refractivity contribution is -0.125. The summed E-state index contributed by atoms with van der Waals surface area (Å²) >= 11 is 1.61. The van der Waals surface area contributed by atoms with Crippen LogP contribution in [0.2, 0.25) is 0 Å². The minimum absolute atomic E-state index is 0.0121. The van der Waals surface area contributed by atoms with E-state index in [0.29, 0.717) is 38.1 Å². The molecule has 0 radical (unpaired) electrons. The average Bonchev–Trinajstić information content (AvgIpc) is 3.59. The maximum atomic E-state index is 14.0. The number of nitrogens with one attached hydrogen (secondary N) is 1. The zero-order valence-electron chi connectivity index (χ0n) is 20.2. The van der Waals surface area contributed by atoms with Crippen molar-refractivity contribution in [1.82, 2.24) is 15.1 Å². The van der Waals surface area contributed by atoms with Crippen LogP contribution in [0.3, 0.4) is 0 Å². The van der Waals surface area contributed by atoms with Crippen molar-refractivity contribution >= 4 is 29.2 Å². The molecule has 0 unspecified atom stereocenters. The van der Waals surface area contributed by atoms with E-state index in [4.69, 9.17) is 4.74 Å². The molecule has 0 spiro atoms. The highest BCUT2D eigenvalue weighted by molar-refractivity contribution is 7.10. The number of amides is 3. The molecule has 1 aliphatic carbocycles. The molecular weight excluding hydrogens is 462 g/mol. The highest BCUT2D eigenvalue weighted by Crippen LogP contribution is 2.47. The van der Waals surface area contributed by atoms with Gasteiger partial charge in [0.15, 0.2) is 0 Å². The fourth-order valence-electron chi connectivity index (χ4n) is 5.89. The first kappa shape index (κ1) is 23.9. The van der Waals surface area contributed by atoms with E-state index in [-0.39, 0.29) is 36.0 Å². The van der Waals surface area contributed by atoms with Gasteiger partial charge in [0.1, 0.15) is 0 Å². The zero-order valence-corrected chi connectivity index (χ0v) is 21.0. The SMILES string of the molecule is CCOC(=O)N1CCC(NC(=O)[C@H]2c3ccccc3C(=O)N(C3CCCC3)[C@H]2c2cccs2)CC1. The first-order chi connectivity index (χ1) is 17.1. The number of benzene rings is 1. The molecule has 2 fully saturated rings. The third-order valence-corrected chi connectivity index (χ3v) is 8.52. The molecular formula is C27H33N3O4S. The van der Waals surface area contributed by atoms with Crippen LogP contribution in [0, 0.1) is 0 Å². The standard InChI is InChI=1S/C27H33N3O4S/c1-2-34-27(33)29-15-13-18(14-16-29)28-25(31)23-20-10-5-6-11-21(20)26(32)30(19-8-3-4-9-19)24(23)22-12-7-17-35-22/h5-7,10-12,17-19,23-24H,2-4,8-9,13-16H2,1H3,(H,28,31)/t23-,24-/m0/s1. The first-order valence-electron chi connectivity index (χ1n) is 12.8. The van der Waals surface area contributed by atoms with Crippen molar-refractivity contribution in [2.24, 2.45) is 0 Å². The van der Waals surface area contributed by atoms with Crippen LogP contribution >= 0.6 is 11.3 Å². The van der Waals surface area contributed by atoms with E-state index < -0.39 is 5.92 Å². The summed E-state index contributed by atoms with van der Waals surface area (Å²) in [5.74, 6) is -0.468. The Morgan fingerprint density at radius 3 is 2.49 bits per heavy atom. The highest BCUT2D eigenvalue weighted by Gasteiger charge is 2.47. The van der Waals surface area contributed by atoms with E-state index in [1.165, 1.54) is 0 Å². The molecule has 2 aliphatic heterocycles. The van der Waals surface area contributed by atoms with Gasteiger partial charge in [-0.2, -0.15) is 0 Å². The molecule has 1 saturated heterocycles. The van der Waals surface area contributed by atoms with Crippen LogP contribution in [-0.2, 0) is 9.53 Å². The number of hydrogen-bond donors (Lipinski definition) is 1. The zero-order chi connectivity index (χ0) is 24.4. The van der Waals surface area contributed by atoms with Gasteiger partial charge in [-0.15, -0.1) is 11.3 Å². The van der Waals surface area contributed by atoms with E-state index in [1.807, 2.05) is 40.6 Å². The molecule has 35 heavy (non-hydrogen) atoms. The Balaban J connectivity index is 1.42. The van der Waals surface area contributed by atoms with Crippen LogP contribution in [0.5, 0.6) is 0 Å². The van der Waals surface area contributed by atoms with E-state index in [9.17, 15) is 14.4 Å². The fraction of sp³-hybridized carbons (Fsp3) is 0.519. The predicted octanol–water partition coefficient (Wildman–Crippen LogP) is 4.71. The summed E-state index contributed by atoms with van der Waals surface area (Å²) in [5.41, 5.74) is 1.45. The molecule has 1 aromatic carbocycles. The van der Waals surface area contributed by atoms with E-state index in [2.05, 4.69) is 11.4 Å². The van der Waals surface area contributed by atoms with Crippen molar-refractivity contribution in [1.29, 1.82) is 0 Å². The van der Waals surface area contributed by atoms with Gasteiger partial charge in [-0.1, -0.05) is 37.1 Å². The quantitative estimate of drug-likeness (QED) is 0.652. The molecule has 2 atom stereocenters. The van der Waals surface area contributed by atoms with Crippen LogP contribution < -0.4 is 5.32 Å². The molecule has 3 heterocycles. The van der Waals surface area contributed by atoms with Crippen LogP contribution in [0.15, 0.2) is 41.8 Å². The number of hydrogen-bond acceptors (Lipinski definition) is 5. The van der Waals surface area contributed by atoms with Gasteiger partial charge in [-0.05, 0) is 55.7 Å². The minimum atomic E-state index is -0.466. The van der Waals surface area contributed by atoms with Crippen molar-refractivity contribution < 1.29 is 19.1 Å². The average molecular weight is 496 g/mol. The maximum absolute atomic E-state index is 14.0. The number of nitrogens with zero attached hydrogens (tertiary/aromatic N) is 2. The lowest BCUT2D eigenvalue weighted by Gasteiger charge is -2.44. The second kappa shape index (κ2) is 10.4. The molecule has 186 valence electrons. The molecule has 7 nitrogen and oxygen atoms in total. The van der Waals surface area contributed by atoms with Gasteiger partial charge in [0.2, 0.25) is 5.91 Å². The summed E-state index contributed by atoms with van der Waals surface area (Å²) in [7, 11) is 0. The Bertz CT molecular complexity index is 1060. The van der Waals surface area contributed by atoms with Gasteiger partial charge in [0.25, 0.3) is 5.91 Å². The lowest BCUT2D eigenvalue weighted by Crippen LogP contribution is -2.53. The number of fused-ring (bicyclic) bond motifs is 1. The Morgan fingerprint density at radius 1 is 1.06 bits per heavy atom. The number of thiophene rings is 1. The van der Waals surface area contributed by atoms with Gasteiger partial charge in [-0.25, -0.2) is 4.79 Å². The number of carbonyl (C=O) groups excluding carboxylic acids is 3. The summed E-state index contributed by atoms with van der Waals surface area (Å²) in [6.07, 6.45) is 5.28.